The molecule has 0 spiro atoms. The Morgan fingerprint density at radius 2 is 2.15 bits per heavy atom. The fourth-order valence-corrected chi connectivity index (χ4v) is 3.07. The molecule has 0 aliphatic heterocycles. The molecule has 136 valence electrons. The maximum atomic E-state index is 12.3. The normalized spacial score (nSPS) is 10.7. The van der Waals surface area contributed by atoms with E-state index in [-0.39, 0.29) is 11.7 Å². The molecule has 0 aliphatic carbocycles. The summed E-state index contributed by atoms with van der Waals surface area (Å²) >= 11 is 1.20. The van der Waals surface area contributed by atoms with Gasteiger partial charge in [-0.05, 0) is 37.6 Å². The molecule has 3 N–H and O–H groups in total. The number of hydrogen-bond acceptors (Lipinski definition) is 7. The number of nitrogens with one attached hydrogen (secondary N) is 1. The lowest BCUT2D eigenvalue weighted by Gasteiger charge is -2.10. The molecule has 0 saturated heterocycles. The van der Waals surface area contributed by atoms with Crippen molar-refractivity contribution in [3.05, 3.63) is 41.9 Å². The van der Waals surface area contributed by atoms with Crippen LogP contribution >= 0.6 is 11.8 Å². The molecule has 0 aliphatic rings. The highest BCUT2D eigenvalue weighted by molar-refractivity contribution is 7.99. The van der Waals surface area contributed by atoms with Crippen molar-refractivity contribution < 1.29 is 13.9 Å². The number of carbonyl (C=O) groups is 1. The molecule has 2 heterocycles. The largest absolute Gasteiger partial charge is 0.495 e. The Hall–Kier alpha value is -2.94. The molecule has 2 aromatic heterocycles. The van der Waals surface area contributed by atoms with Gasteiger partial charge in [-0.2, -0.15) is 0 Å². The Balaban J connectivity index is 1.67. The summed E-state index contributed by atoms with van der Waals surface area (Å²) in [7, 11) is 1.56. The summed E-state index contributed by atoms with van der Waals surface area (Å²) in [5.41, 5.74) is 2.42. The number of amides is 1. The molecule has 0 bridgehead atoms. The maximum Gasteiger partial charge on any atom is 0.234 e. The first-order chi connectivity index (χ1) is 12.5. The molecule has 0 saturated carbocycles. The fourth-order valence-electron chi connectivity index (χ4n) is 2.41. The van der Waals surface area contributed by atoms with Gasteiger partial charge in [0.2, 0.25) is 11.1 Å². The Kier molecular flexibility index (Phi) is 5.17. The van der Waals surface area contributed by atoms with Crippen molar-refractivity contribution in [3.8, 4) is 17.1 Å². The van der Waals surface area contributed by atoms with E-state index in [0.717, 1.165) is 11.1 Å². The lowest BCUT2D eigenvalue weighted by atomic mass is 10.2. The molecule has 0 atom stereocenters. The fraction of sp³-hybridized carbons (Fsp3) is 0.235. The number of benzene rings is 1. The van der Waals surface area contributed by atoms with E-state index in [1.54, 1.807) is 19.4 Å². The first-order valence-corrected chi connectivity index (χ1v) is 8.80. The minimum absolute atomic E-state index is 0.136. The summed E-state index contributed by atoms with van der Waals surface area (Å²) in [5.74, 6) is 7.78. The standard InChI is InChI=1S/C17H19N5O3S/c1-10-4-5-14(24-3)13(8-10)19-15(23)9-26-17-21-20-16(22(17)18)12-6-7-25-11(12)2/h4-8H,9,18H2,1-3H3,(H,19,23). The molecule has 3 aromatic rings. The van der Waals surface area contributed by atoms with Gasteiger partial charge in [-0.25, -0.2) is 4.68 Å². The van der Waals surface area contributed by atoms with Crippen molar-refractivity contribution in [2.75, 3.05) is 24.0 Å². The highest BCUT2D eigenvalue weighted by atomic mass is 32.2. The van der Waals surface area contributed by atoms with E-state index in [2.05, 4.69) is 15.5 Å². The van der Waals surface area contributed by atoms with Crippen molar-refractivity contribution in [2.45, 2.75) is 19.0 Å². The average molecular weight is 373 g/mol. The number of methoxy groups -OCH3 is 1. The molecule has 0 unspecified atom stereocenters. The van der Waals surface area contributed by atoms with E-state index in [1.165, 1.54) is 16.4 Å². The molecular weight excluding hydrogens is 354 g/mol. The van der Waals surface area contributed by atoms with Gasteiger partial charge in [-0.3, -0.25) is 4.79 Å². The Morgan fingerprint density at radius 1 is 1.35 bits per heavy atom. The highest BCUT2D eigenvalue weighted by Crippen LogP contribution is 2.27. The summed E-state index contributed by atoms with van der Waals surface area (Å²) in [6.45, 7) is 3.76. The monoisotopic (exact) mass is 373 g/mol. The SMILES string of the molecule is COc1ccc(C)cc1NC(=O)CSc1nnc(-c2ccoc2C)n1N. The van der Waals surface area contributed by atoms with Crippen LogP contribution in [0.2, 0.25) is 0 Å². The number of hydrogen-bond donors (Lipinski definition) is 2. The molecular formula is C17H19N5O3S. The van der Waals surface area contributed by atoms with Crippen LogP contribution in [-0.4, -0.2) is 33.6 Å². The number of nitrogens with zero attached hydrogens (tertiary/aromatic N) is 3. The third-order valence-electron chi connectivity index (χ3n) is 3.73. The molecule has 1 amide bonds. The number of aryl methyl sites for hydroxylation is 2. The number of aromatic nitrogens is 3. The number of nitrogens with two attached hydrogens (primary N) is 1. The second-order valence-electron chi connectivity index (χ2n) is 5.61. The minimum atomic E-state index is -0.192. The second kappa shape index (κ2) is 7.52. The maximum absolute atomic E-state index is 12.3. The number of rotatable bonds is 6. The van der Waals surface area contributed by atoms with Crippen LogP contribution < -0.4 is 15.9 Å². The van der Waals surface area contributed by atoms with Gasteiger partial charge < -0.3 is 20.3 Å². The summed E-state index contributed by atoms with van der Waals surface area (Å²) in [6.07, 6.45) is 1.56. The lowest BCUT2D eigenvalue weighted by molar-refractivity contribution is -0.113. The number of thioether (sulfide) groups is 1. The molecule has 3 rings (SSSR count). The van der Waals surface area contributed by atoms with Crippen molar-refractivity contribution in [3.63, 3.8) is 0 Å². The van der Waals surface area contributed by atoms with E-state index < -0.39 is 0 Å². The van der Waals surface area contributed by atoms with Gasteiger partial charge in [0.1, 0.15) is 11.5 Å². The van der Waals surface area contributed by atoms with Gasteiger partial charge in [0.05, 0.1) is 30.4 Å². The Bertz CT molecular complexity index is 934. The first-order valence-electron chi connectivity index (χ1n) is 7.82. The van der Waals surface area contributed by atoms with Crippen LogP contribution in [0.25, 0.3) is 11.4 Å². The summed E-state index contributed by atoms with van der Waals surface area (Å²) in [4.78, 5) is 12.3. The number of anilines is 1. The van der Waals surface area contributed by atoms with Crippen LogP contribution in [-0.2, 0) is 4.79 Å². The summed E-state index contributed by atoms with van der Waals surface area (Å²) in [5, 5.41) is 11.4. The Labute approximate surface area is 154 Å². The summed E-state index contributed by atoms with van der Waals surface area (Å²) in [6, 6.07) is 7.36. The van der Waals surface area contributed by atoms with E-state index in [0.29, 0.717) is 28.2 Å². The Morgan fingerprint density at radius 3 is 2.85 bits per heavy atom. The predicted molar refractivity (Wildman–Crippen MR) is 99.7 cm³/mol. The predicted octanol–water partition coefficient (Wildman–Crippen LogP) is 2.61. The van der Waals surface area contributed by atoms with Crippen molar-refractivity contribution in [1.29, 1.82) is 0 Å². The minimum Gasteiger partial charge on any atom is -0.495 e. The summed E-state index contributed by atoms with van der Waals surface area (Å²) < 4.78 is 11.9. The van der Waals surface area contributed by atoms with Gasteiger partial charge in [0.15, 0.2) is 5.82 Å². The van der Waals surface area contributed by atoms with Crippen LogP contribution in [0, 0.1) is 13.8 Å². The molecule has 8 nitrogen and oxygen atoms in total. The number of nitrogen functional groups attached to an aromatic ring is 1. The first kappa shape index (κ1) is 17.9. The van der Waals surface area contributed by atoms with Crippen molar-refractivity contribution >= 4 is 23.4 Å². The van der Waals surface area contributed by atoms with Gasteiger partial charge in [-0.1, -0.05) is 17.8 Å². The lowest BCUT2D eigenvalue weighted by Crippen LogP contribution is -2.17. The van der Waals surface area contributed by atoms with Gasteiger partial charge in [0.25, 0.3) is 0 Å². The van der Waals surface area contributed by atoms with Gasteiger partial charge in [-0.15, -0.1) is 10.2 Å². The van der Waals surface area contributed by atoms with E-state index in [1.807, 2.05) is 32.0 Å². The number of ether oxygens (including phenoxy) is 1. The zero-order valence-corrected chi connectivity index (χ0v) is 15.5. The molecule has 26 heavy (non-hydrogen) atoms. The third kappa shape index (κ3) is 3.67. The van der Waals surface area contributed by atoms with Crippen LogP contribution in [0.5, 0.6) is 5.75 Å². The quantitative estimate of drug-likeness (QED) is 0.505. The third-order valence-corrected chi connectivity index (χ3v) is 4.67. The molecule has 1 aromatic carbocycles. The van der Waals surface area contributed by atoms with E-state index in [4.69, 9.17) is 15.0 Å². The van der Waals surface area contributed by atoms with Crippen LogP contribution in [0.1, 0.15) is 11.3 Å². The van der Waals surface area contributed by atoms with Crippen molar-refractivity contribution in [2.24, 2.45) is 0 Å². The van der Waals surface area contributed by atoms with Crippen LogP contribution in [0.15, 0.2) is 40.1 Å². The van der Waals surface area contributed by atoms with Crippen LogP contribution in [0.3, 0.4) is 0 Å². The van der Waals surface area contributed by atoms with Crippen molar-refractivity contribution in [1.82, 2.24) is 14.9 Å². The van der Waals surface area contributed by atoms with E-state index >= 15 is 0 Å². The van der Waals surface area contributed by atoms with Crippen LogP contribution in [0.4, 0.5) is 5.69 Å². The van der Waals surface area contributed by atoms with Gasteiger partial charge in [0, 0.05) is 0 Å². The number of furan rings is 1. The second-order valence-corrected chi connectivity index (χ2v) is 6.55. The smallest absolute Gasteiger partial charge is 0.234 e. The zero-order valence-electron chi connectivity index (χ0n) is 14.6. The zero-order chi connectivity index (χ0) is 18.7. The topological polar surface area (TPSA) is 108 Å². The average Bonchev–Trinajstić information content (AvgIpc) is 3.18. The highest BCUT2D eigenvalue weighted by Gasteiger charge is 2.17. The van der Waals surface area contributed by atoms with E-state index in [9.17, 15) is 4.79 Å². The molecule has 0 radical (unpaired) electrons. The molecule has 0 fully saturated rings. The number of carbonyl (C=O) groups excluding carboxylic acids is 1. The molecule has 9 heteroatoms. The van der Waals surface area contributed by atoms with Gasteiger partial charge >= 0.3 is 0 Å².